The Hall–Kier alpha value is -2.22. The summed E-state index contributed by atoms with van der Waals surface area (Å²) in [6.45, 7) is 8.13. The number of hydrogen-bond acceptors (Lipinski definition) is 6. The van der Waals surface area contributed by atoms with Crippen molar-refractivity contribution in [3.63, 3.8) is 0 Å². The van der Waals surface area contributed by atoms with Crippen LogP contribution in [0.3, 0.4) is 0 Å². The van der Waals surface area contributed by atoms with Crippen LogP contribution < -0.4 is 10.6 Å². The first-order chi connectivity index (χ1) is 14.4. The number of thiazole rings is 1. The first-order valence-corrected chi connectivity index (χ1v) is 11.2. The molecule has 0 fully saturated rings. The third-order valence-corrected chi connectivity index (χ3v) is 5.78. The molecule has 3 rings (SSSR count). The van der Waals surface area contributed by atoms with Crippen molar-refractivity contribution in [1.29, 1.82) is 0 Å². The maximum absolute atomic E-state index is 12.7. The number of pyridine rings is 2. The molecule has 1 amide bonds. The van der Waals surface area contributed by atoms with Gasteiger partial charge in [-0.2, -0.15) is 0 Å². The predicted octanol–water partition coefficient (Wildman–Crippen LogP) is 6.45. The molecular formula is C22H27Cl2N5OS. The van der Waals surface area contributed by atoms with E-state index in [-0.39, 0.29) is 24.4 Å². The Bertz CT molecular complexity index is 1010. The summed E-state index contributed by atoms with van der Waals surface area (Å²) in [5.41, 5.74) is 3.55. The molecule has 31 heavy (non-hydrogen) atoms. The van der Waals surface area contributed by atoms with Gasteiger partial charge in [-0.05, 0) is 43.0 Å². The normalized spacial score (nSPS) is 11.7. The fourth-order valence-electron chi connectivity index (χ4n) is 2.90. The average molecular weight is 480 g/mol. The molecular weight excluding hydrogens is 453 g/mol. The Balaban J connectivity index is 0.00000341. The minimum absolute atomic E-state index is 0. The smallest absolute Gasteiger partial charge is 0.280 e. The maximum Gasteiger partial charge on any atom is 0.280 e. The van der Waals surface area contributed by atoms with Gasteiger partial charge in [0.15, 0.2) is 5.01 Å². The number of halogens is 2. The van der Waals surface area contributed by atoms with Gasteiger partial charge in [0, 0.05) is 17.3 Å². The van der Waals surface area contributed by atoms with Crippen LogP contribution in [0, 0.1) is 6.92 Å². The lowest BCUT2D eigenvalue weighted by Gasteiger charge is -2.19. The Morgan fingerprint density at radius 2 is 2.00 bits per heavy atom. The van der Waals surface area contributed by atoms with Crippen LogP contribution in [0.25, 0.3) is 0 Å². The summed E-state index contributed by atoms with van der Waals surface area (Å²) in [6, 6.07) is 5.50. The van der Waals surface area contributed by atoms with E-state index in [4.69, 9.17) is 11.6 Å². The summed E-state index contributed by atoms with van der Waals surface area (Å²) in [5.74, 6) is 0.671. The molecule has 0 spiro atoms. The third-order valence-electron chi connectivity index (χ3n) is 4.63. The van der Waals surface area contributed by atoms with E-state index in [1.165, 1.54) is 11.3 Å². The Morgan fingerprint density at radius 1 is 1.23 bits per heavy atom. The average Bonchev–Trinajstić information content (AvgIpc) is 3.21. The van der Waals surface area contributed by atoms with Crippen LogP contribution in [0.2, 0.25) is 5.02 Å². The van der Waals surface area contributed by atoms with E-state index < -0.39 is 0 Å². The fourth-order valence-corrected chi connectivity index (χ4v) is 4.00. The highest BCUT2D eigenvalue weighted by molar-refractivity contribution is 7.11. The number of hydrogen-bond donors (Lipinski definition) is 2. The summed E-state index contributed by atoms with van der Waals surface area (Å²) in [4.78, 5) is 25.9. The lowest BCUT2D eigenvalue weighted by molar-refractivity contribution is 0.0934. The Morgan fingerprint density at radius 3 is 2.58 bits per heavy atom. The van der Waals surface area contributed by atoms with Crippen LogP contribution in [0.1, 0.15) is 72.3 Å². The molecule has 0 unspecified atom stereocenters. The second-order valence-electron chi connectivity index (χ2n) is 7.46. The van der Waals surface area contributed by atoms with Gasteiger partial charge < -0.3 is 10.6 Å². The second-order valence-corrected chi connectivity index (χ2v) is 8.72. The zero-order chi connectivity index (χ0) is 21.7. The van der Waals surface area contributed by atoms with Crippen molar-refractivity contribution in [2.24, 2.45) is 0 Å². The topological polar surface area (TPSA) is 79.8 Å². The summed E-state index contributed by atoms with van der Waals surface area (Å²) in [5, 5.41) is 9.16. The van der Waals surface area contributed by atoms with E-state index in [2.05, 4.69) is 46.4 Å². The van der Waals surface area contributed by atoms with Crippen molar-refractivity contribution in [1.82, 2.24) is 20.3 Å². The largest absolute Gasteiger partial charge is 0.343 e. The van der Waals surface area contributed by atoms with Crippen LogP contribution >= 0.6 is 35.3 Å². The highest BCUT2D eigenvalue weighted by Crippen LogP contribution is 2.28. The second kappa shape index (κ2) is 11.4. The van der Waals surface area contributed by atoms with Crippen molar-refractivity contribution < 1.29 is 4.79 Å². The van der Waals surface area contributed by atoms with Gasteiger partial charge in [0.2, 0.25) is 0 Å². The maximum atomic E-state index is 12.7. The van der Waals surface area contributed by atoms with Gasteiger partial charge in [0.25, 0.3) is 5.91 Å². The van der Waals surface area contributed by atoms with Crippen LogP contribution in [-0.2, 0) is 0 Å². The number of nitrogens with one attached hydrogen (secondary N) is 2. The predicted molar refractivity (Wildman–Crippen MR) is 130 cm³/mol. The first-order valence-electron chi connectivity index (χ1n) is 9.98. The first kappa shape index (κ1) is 25.0. The minimum Gasteiger partial charge on any atom is -0.343 e. The molecule has 166 valence electrons. The number of carbonyl (C=O) groups excluding carboxylic acids is 1. The summed E-state index contributed by atoms with van der Waals surface area (Å²) < 4.78 is 0. The highest BCUT2D eigenvalue weighted by atomic mass is 35.5. The van der Waals surface area contributed by atoms with E-state index in [1.54, 1.807) is 12.4 Å². The molecule has 3 aromatic heterocycles. The quantitative estimate of drug-likeness (QED) is 0.387. The zero-order valence-corrected chi connectivity index (χ0v) is 20.4. The molecule has 0 aliphatic rings. The summed E-state index contributed by atoms with van der Waals surface area (Å²) in [6.07, 6.45) is 5.17. The Labute approximate surface area is 198 Å². The van der Waals surface area contributed by atoms with Gasteiger partial charge >= 0.3 is 0 Å². The molecule has 0 aromatic carbocycles. The van der Waals surface area contributed by atoms with E-state index >= 15 is 0 Å². The van der Waals surface area contributed by atoms with Gasteiger partial charge in [-0.3, -0.25) is 9.78 Å². The summed E-state index contributed by atoms with van der Waals surface area (Å²) in [7, 11) is 0. The SMILES string of the molecule is CCC[C@@H](NC(=O)c1nc(C(C)C)cs1)c1cnc(Nc2ccc(C)nc2)c(Cl)c1.Cl. The molecule has 2 N–H and O–H groups in total. The van der Waals surface area contributed by atoms with Crippen molar-refractivity contribution in [3.8, 4) is 0 Å². The molecule has 0 saturated heterocycles. The number of anilines is 2. The van der Waals surface area contributed by atoms with E-state index in [0.717, 1.165) is 35.5 Å². The van der Waals surface area contributed by atoms with Crippen molar-refractivity contribution in [2.45, 2.75) is 52.5 Å². The van der Waals surface area contributed by atoms with Crippen LogP contribution in [0.4, 0.5) is 11.5 Å². The van der Waals surface area contributed by atoms with Gasteiger partial charge in [0.05, 0.1) is 28.6 Å². The van der Waals surface area contributed by atoms with E-state index in [0.29, 0.717) is 21.8 Å². The van der Waals surface area contributed by atoms with Crippen LogP contribution in [0.5, 0.6) is 0 Å². The van der Waals surface area contributed by atoms with Gasteiger partial charge in [-0.25, -0.2) is 9.97 Å². The minimum atomic E-state index is -0.186. The Kier molecular flexibility index (Phi) is 9.22. The number of aryl methyl sites for hydroxylation is 1. The van der Waals surface area contributed by atoms with Crippen molar-refractivity contribution >= 4 is 52.8 Å². The zero-order valence-electron chi connectivity index (χ0n) is 18.0. The number of aromatic nitrogens is 3. The van der Waals surface area contributed by atoms with E-state index in [1.807, 2.05) is 30.5 Å². The molecule has 0 aliphatic carbocycles. The standard InChI is InChI=1S/C22H26ClN5OS.ClH/c1-5-6-18(27-21(29)22-28-19(12-30-22)13(2)3)15-9-17(23)20(25-10-15)26-16-8-7-14(4)24-11-16;/h7-13,18H,5-6H2,1-4H3,(H,25,26)(H,27,29);1H/t18-;/m1./s1. The molecule has 0 aliphatic heterocycles. The summed E-state index contributed by atoms with van der Waals surface area (Å²) >= 11 is 7.85. The van der Waals surface area contributed by atoms with Gasteiger partial charge in [-0.15, -0.1) is 23.7 Å². The number of carbonyl (C=O) groups is 1. The molecule has 3 aromatic rings. The molecule has 0 saturated carbocycles. The molecule has 9 heteroatoms. The van der Waals surface area contributed by atoms with Crippen molar-refractivity contribution in [2.75, 3.05) is 5.32 Å². The number of nitrogens with zero attached hydrogens (tertiary/aromatic N) is 3. The monoisotopic (exact) mass is 479 g/mol. The molecule has 0 radical (unpaired) electrons. The number of rotatable bonds is 8. The molecule has 1 atom stereocenters. The molecule has 6 nitrogen and oxygen atoms in total. The van der Waals surface area contributed by atoms with Gasteiger partial charge in [0.1, 0.15) is 5.82 Å². The lowest BCUT2D eigenvalue weighted by atomic mass is 10.0. The molecule has 0 bridgehead atoms. The fraction of sp³-hybridized carbons (Fsp3) is 0.364. The third kappa shape index (κ3) is 6.63. The van der Waals surface area contributed by atoms with Gasteiger partial charge in [-0.1, -0.05) is 38.8 Å². The van der Waals surface area contributed by atoms with Crippen molar-refractivity contribution in [3.05, 3.63) is 63.0 Å². The molecule has 3 heterocycles. The van der Waals surface area contributed by atoms with E-state index in [9.17, 15) is 4.79 Å². The van der Waals surface area contributed by atoms with Crippen LogP contribution in [-0.4, -0.2) is 20.9 Å². The number of amides is 1. The highest BCUT2D eigenvalue weighted by Gasteiger charge is 2.19. The lowest BCUT2D eigenvalue weighted by Crippen LogP contribution is -2.28. The van der Waals surface area contributed by atoms with Crippen LogP contribution in [0.15, 0.2) is 36.0 Å².